The van der Waals surface area contributed by atoms with Crippen molar-refractivity contribution in [2.45, 2.75) is 24.7 Å². The van der Waals surface area contributed by atoms with E-state index < -0.39 is 27.3 Å². The van der Waals surface area contributed by atoms with Gasteiger partial charge < -0.3 is 15.3 Å². The van der Waals surface area contributed by atoms with Gasteiger partial charge in [-0.05, 0) is 41.8 Å². The number of phenols is 3. The predicted molar refractivity (Wildman–Crippen MR) is 134 cm³/mol. The lowest BCUT2D eigenvalue weighted by molar-refractivity contribution is 0.368. The van der Waals surface area contributed by atoms with Crippen LogP contribution in [0, 0.1) is 0 Å². The maximum Gasteiger partial charge on any atom is 0.240 e. The lowest BCUT2D eigenvalue weighted by Crippen LogP contribution is -2.24. The van der Waals surface area contributed by atoms with Gasteiger partial charge in [-0.1, -0.05) is 49.7 Å². The standard InChI is InChI=1S/C25H24N2O5S2/c1-2-3-12-26-34(31,32)20-10-8-17(9-11-20)16-4-6-18(7-5-16)25-27-21(15-33-25)19-13-22(28)24(30)23(29)14-19/h4-11,13-15,26,28-30H,2-3,12H2,1H3. The van der Waals surface area contributed by atoms with Crippen molar-refractivity contribution in [3.05, 3.63) is 66.0 Å². The number of aromatic nitrogens is 1. The summed E-state index contributed by atoms with van der Waals surface area (Å²) in [5, 5.41) is 31.6. The summed E-state index contributed by atoms with van der Waals surface area (Å²) >= 11 is 1.42. The minimum atomic E-state index is -3.50. The first-order chi connectivity index (χ1) is 16.3. The smallest absolute Gasteiger partial charge is 0.240 e. The molecular formula is C25H24N2O5S2. The SMILES string of the molecule is CCCCNS(=O)(=O)c1ccc(-c2ccc(-c3nc(-c4cc(O)c(O)c(O)c4)cs3)cc2)cc1. The van der Waals surface area contributed by atoms with Crippen LogP contribution in [0.1, 0.15) is 19.8 Å². The molecule has 0 unspecified atom stereocenters. The Morgan fingerprint density at radius 3 is 2.00 bits per heavy atom. The van der Waals surface area contributed by atoms with E-state index >= 15 is 0 Å². The van der Waals surface area contributed by atoms with Crippen LogP contribution in [0.5, 0.6) is 17.2 Å². The highest BCUT2D eigenvalue weighted by Crippen LogP contribution is 2.40. The molecule has 0 fully saturated rings. The average Bonchev–Trinajstić information content (AvgIpc) is 3.33. The molecule has 176 valence electrons. The van der Waals surface area contributed by atoms with Gasteiger partial charge in [0.25, 0.3) is 0 Å². The fourth-order valence-electron chi connectivity index (χ4n) is 3.39. The molecule has 1 aromatic heterocycles. The van der Waals surface area contributed by atoms with Gasteiger partial charge in [0.15, 0.2) is 17.2 Å². The van der Waals surface area contributed by atoms with Crippen molar-refractivity contribution in [2.75, 3.05) is 6.54 Å². The van der Waals surface area contributed by atoms with Gasteiger partial charge in [0.2, 0.25) is 10.0 Å². The van der Waals surface area contributed by atoms with Crippen molar-refractivity contribution in [1.82, 2.24) is 9.71 Å². The number of benzene rings is 3. The predicted octanol–water partition coefficient (Wildman–Crippen LogP) is 5.34. The molecule has 0 radical (unpaired) electrons. The van der Waals surface area contributed by atoms with Crippen molar-refractivity contribution >= 4 is 21.4 Å². The van der Waals surface area contributed by atoms with E-state index in [-0.39, 0.29) is 4.90 Å². The molecule has 0 aliphatic rings. The van der Waals surface area contributed by atoms with E-state index in [9.17, 15) is 23.7 Å². The van der Waals surface area contributed by atoms with E-state index in [4.69, 9.17) is 0 Å². The van der Waals surface area contributed by atoms with Crippen molar-refractivity contribution < 1.29 is 23.7 Å². The third kappa shape index (κ3) is 5.06. The zero-order chi connectivity index (χ0) is 24.3. The van der Waals surface area contributed by atoms with Crippen LogP contribution in [-0.2, 0) is 10.0 Å². The van der Waals surface area contributed by atoms with Gasteiger partial charge in [-0.15, -0.1) is 11.3 Å². The van der Waals surface area contributed by atoms with Crippen molar-refractivity contribution in [3.63, 3.8) is 0 Å². The second-order valence-corrected chi connectivity index (χ2v) is 10.4. The summed E-state index contributed by atoms with van der Waals surface area (Å²) in [4.78, 5) is 4.82. The van der Waals surface area contributed by atoms with E-state index in [2.05, 4.69) is 9.71 Å². The van der Waals surface area contributed by atoms with Gasteiger partial charge in [0.1, 0.15) is 5.01 Å². The zero-order valence-corrected chi connectivity index (χ0v) is 20.0. The van der Waals surface area contributed by atoms with Crippen molar-refractivity contribution in [1.29, 1.82) is 0 Å². The molecule has 0 atom stereocenters. The first-order valence-corrected chi connectivity index (χ1v) is 13.1. The van der Waals surface area contributed by atoms with Crippen LogP contribution in [0.2, 0.25) is 0 Å². The van der Waals surface area contributed by atoms with E-state index in [1.807, 2.05) is 36.6 Å². The summed E-state index contributed by atoms with van der Waals surface area (Å²) in [6, 6.07) is 17.2. The molecule has 1 heterocycles. The number of nitrogens with zero attached hydrogens (tertiary/aromatic N) is 1. The molecule has 0 aliphatic heterocycles. The quantitative estimate of drug-likeness (QED) is 0.193. The largest absolute Gasteiger partial charge is 0.504 e. The first kappa shape index (κ1) is 23.7. The molecule has 3 aromatic carbocycles. The third-order valence-electron chi connectivity index (χ3n) is 5.32. The summed E-state index contributed by atoms with van der Waals surface area (Å²) in [5.74, 6) is -1.39. The second kappa shape index (κ2) is 9.84. The number of hydrogen-bond acceptors (Lipinski definition) is 7. The lowest BCUT2D eigenvalue weighted by Gasteiger charge is -2.08. The number of thiazole rings is 1. The first-order valence-electron chi connectivity index (χ1n) is 10.7. The molecule has 34 heavy (non-hydrogen) atoms. The number of sulfonamides is 1. The van der Waals surface area contributed by atoms with Crippen molar-refractivity contribution in [2.24, 2.45) is 0 Å². The normalized spacial score (nSPS) is 11.6. The number of aromatic hydroxyl groups is 3. The van der Waals surface area contributed by atoms with Crippen LogP contribution < -0.4 is 4.72 Å². The highest BCUT2D eigenvalue weighted by Gasteiger charge is 2.14. The summed E-state index contributed by atoms with van der Waals surface area (Å²) in [6.07, 6.45) is 1.72. The van der Waals surface area contributed by atoms with Crippen LogP contribution in [0.3, 0.4) is 0 Å². The van der Waals surface area contributed by atoms with E-state index in [1.54, 1.807) is 24.3 Å². The van der Waals surface area contributed by atoms with Gasteiger partial charge in [0.05, 0.1) is 10.6 Å². The molecule has 0 saturated heterocycles. The average molecular weight is 497 g/mol. The van der Waals surface area contributed by atoms with Crippen molar-refractivity contribution in [3.8, 4) is 50.2 Å². The third-order valence-corrected chi connectivity index (χ3v) is 7.69. The van der Waals surface area contributed by atoms with Crippen LogP contribution >= 0.6 is 11.3 Å². The number of phenolic OH excluding ortho intramolecular Hbond substituents is 3. The summed E-state index contributed by atoms with van der Waals surface area (Å²) in [5.41, 5.74) is 3.79. The van der Waals surface area contributed by atoms with Gasteiger partial charge in [0, 0.05) is 23.1 Å². The molecule has 9 heteroatoms. The van der Waals surface area contributed by atoms with Crippen LogP contribution in [0.15, 0.2) is 70.9 Å². The maximum atomic E-state index is 12.4. The Morgan fingerprint density at radius 2 is 1.41 bits per heavy atom. The van der Waals surface area contributed by atoms with Crippen LogP contribution in [0.4, 0.5) is 0 Å². The maximum absolute atomic E-state index is 12.4. The number of nitrogens with one attached hydrogen (secondary N) is 1. The fourth-order valence-corrected chi connectivity index (χ4v) is 5.30. The Bertz CT molecular complexity index is 1370. The molecule has 0 spiro atoms. The monoisotopic (exact) mass is 496 g/mol. The topological polar surface area (TPSA) is 120 Å². The Morgan fingerprint density at radius 1 is 0.853 bits per heavy atom. The highest BCUT2D eigenvalue weighted by molar-refractivity contribution is 7.89. The minimum absolute atomic E-state index is 0.241. The molecule has 0 amide bonds. The Balaban J connectivity index is 1.51. The molecule has 7 nitrogen and oxygen atoms in total. The Labute approximate surface area is 202 Å². The molecule has 4 N–H and O–H groups in total. The molecule has 0 saturated carbocycles. The number of rotatable bonds is 8. The van der Waals surface area contributed by atoms with E-state index in [0.717, 1.165) is 34.5 Å². The fraction of sp³-hybridized carbons (Fsp3) is 0.160. The Kier molecular flexibility index (Phi) is 6.87. The van der Waals surface area contributed by atoms with Crippen LogP contribution in [0.25, 0.3) is 33.0 Å². The minimum Gasteiger partial charge on any atom is -0.504 e. The van der Waals surface area contributed by atoms with Gasteiger partial charge >= 0.3 is 0 Å². The Hall–Kier alpha value is -3.40. The molecular weight excluding hydrogens is 472 g/mol. The number of unbranched alkanes of at least 4 members (excludes halogenated alkanes) is 1. The van der Waals surface area contributed by atoms with Gasteiger partial charge in [-0.25, -0.2) is 18.1 Å². The molecule has 0 aliphatic carbocycles. The lowest BCUT2D eigenvalue weighted by atomic mass is 10.0. The molecule has 4 rings (SSSR count). The molecule has 0 bridgehead atoms. The zero-order valence-electron chi connectivity index (χ0n) is 18.4. The van der Waals surface area contributed by atoms with E-state index in [1.165, 1.54) is 23.5 Å². The second-order valence-electron chi connectivity index (χ2n) is 7.75. The number of hydrogen-bond donors (Lipinski definition) is 4. The molecule has 4 aromatic rings. The van der Waals surface area contributed by atoms with Crippen LogP contribution in [-0.4, -0.2) is 35.3 Å². The van der Waals surface area contributed by atoms with Gasteiger partial charge in [-0.2, -0.15) is 0 Å². The summed E-state index contributed by atoms with van der Waals surface area (Å²) in [7, 11) is -3.50. The summed E-state index contributed by atoms with van der Waals surface area (Å²) < 4.78 is 27.3. The summed E-state index contributed by atoms with van der Waals surface area (Å²) in [6.45, 7) is 2.44. The van der Waals surface area contributed by atoms with Gasteiger partial charge in [-0.3, -0.25) is 0 Å². The highest BCUT2D eigenvalue weighted by atomic mass is 32.2. The van der Waals surface area contributed by atoms with E-state index in [0.29, 0.717) is 17.8 Å².